The highest BCUT2D eigenvalue weighted by Gasteiger charge is 2.08. The van der Waals surface area contributed by atoms with E-state index in [1.165, 1.54) is 0 Å². The molecule has 0 saturated heterocycles. The number of sulfonamides is 1. The van der Waals surface area contributed by atoms with Crippen LogP contribution in [0.4, 0.5) is 22.9 Å². The van der Waals surface area contributed by atoms with E-state index in [-0.39, 0.29) is 0 Å². The smallest absolute Gasteiger partial charge is 0.229 e. The van der Waals surface area contributed by atoms with Gasteiger partial charge in [-0.05, 0) is 36.8 Å². The molecular weight excluding hydrogens is 374 g/mol. The second-order valence-electron chi connectivity index (χ2n) is 6.76. The van der Waals surface area contributed by atoms with Crippen LogP contribution in [0.1, 0.15) is 5.56 Å². The summed E-state index contributed by atoms with van der Waals surface area (Å²) in [6, 6.07) is 13.5. The summed E-state index contributed by atoms with van der Waals surface area (Å²) in [5.41, 5.74) is 4.85. The second kappa shape index (κ2) is 7.85. The molecule has 0 atom stereocenters. The molecule has 0 radical (unpaired) electrons. The Morgan fingerprint density at radius 3 is 2.54 bits per heavy atom. The van der Waals surface area contributed by atoms with Gasteiger partial charge in [0.1, 0.15) is 5.82 Å². The Morgan fingerprint density at radius 1 is 1.04 bits per heavy atom. The molecule has 0 amide bonds. The summed E-state index contributed by atoms with van der Waals surface area (Å²) in [5.74, 6) is 0.571. The van der Waals surface area contributed by atoms with E-state index in [0.29, 0.717) is 17.2 Å². The highest BCUT2D eigenvalue weighted by atomic mass is 32.2. The predicted octanol–water partition coefficient (Wildman–Crippen LogP) is 3.63. The van der Waals surface area contributed by atoms with Crippen molar-refractivity contribution in [2.75, 3.05) is 35.3 Å². The van der Waals surface area contributed by atoms with Crippen LogP contribution in [0.3, 0.4) is 0 Å². The number of anilines is 4. The van der Waals surface area contributed by atoms with Crippen molar-refractivity contribution < 1.29 is 8.42 Å². The molecule has 0 unspecified atom stereocenters. The maximum absolute atomic E-state index is 11.5. The topological polar surface area (TPSA) is 87.2 Å². The zero-order valence-corrected chi connectivity index (χ0v) is 17.1. The lowest BCUT2D eigenvalue weighted by atomic mass is 10.1. The number of rotatable bonds is 6. The molecule has 0 aliphatic heterocycles. The molecule has 1 heterocycles. The van der Waals surface area contributed by atoms with Gasteiger partial charge in [0.2, 0.25) is 10.0 Å². The molecule has 0 spiro atoms. The van der Waals surface area contributed by atoms with Crippen molar-refractivity contribution in [1.29, 1.82) is 0 Å². The van der Waals surface area contributed by atoms with Crippen LogP contribution in [0.2, 0.25) is 0 Å². The van der Waals surface area contributed by atoms with Crippen molar-refractivity contribution >= 4 is 32.9 Å². The van der Waals surface area contributed by atoms with E-state index in [4.69, 9.17) is 0 Å². The van der Waals surface area contributed by atoms with Gasteiger partial charge in [0.25, 0.3) is 0 Å². The summed E-state index contributed by atoms with van der Waals surface area (Å²) in [4.78, 5) is 10.9. The SMILES string of the molecule is Cc1ccc(Nc2cncc(-c3cccc(N(C)C)c3)n2)cc1NS(C)(=O)=O. The Hall–Kier alpha value is -3.13. The van der Waals surface area contributed by atoms with Gasteiger partial charge in [-0.15, -0.1) is 0 Å². The number of benzene rings is 2. The van der Waals surface area contributed by atoms with E-state index in [1.807, 2.05) is 62.3 Å². The molecule has 0 aliphatic carbocycles. The Kier molecular flexibility index (Phi) is 5.51. The summed E-state index contributed by atoms with van der Waals surface area (Å²) in [5, 5.41) is 3.19. The minimum absolute atomic E-state index is 0.523. The third-order valence-corrected chi connectivity index (χ3v) is 4.69. The van der Waals surface area contributed by atoms with Crippen LogP contribution in [0.15, 0.2) is 54.9 Å². The Bertz CT molecular complexity index is 1100. The number of nitrogens with zero attached hydrogens (tertiary/aromatic N) is 3. The van der Waals surface area contributed by atoms with Crippen molar-refractivity contribution in [1.82, 2.24) is 9.97 Å². The van der Waals surface area contributed by atoms with Gasteiger partial charge >= 0.3 is 0 Å². The molecule has 3 aromatic rings. The van der Waals surface area contributed by atoms with Crippen molar-refractivity contribution in [3.63, 3.8) is 0 Å². The minimum atomic E-state index is -3.35. The highest BCUT2D eigenvalue weighted by molar-refractivity contribution is 7.92. The van der Waals surface area contributed by atoms with E-state index >= 15 is 0 Å². The quantitative estimate of drug-likeness (QED) is 0.660. The van der Waals surface area contributed by atoms with Crippen LogP contribution in [0, 0.1) is 6.92 Å². The summed E-state index contributed by atoms with van der Waals surface area (Å²) >= 11 is 0. The first-order valence-corrected chi connectivity index (χ1v) is 10.6. The molecule has 8 heteroatoms. The normalized spacial score (nSPS) is 11.1. The van der Waals surface area contributed by atoms with Crippen LogP contribution in [-0.2, 0) is 10.0 Å². The van der Waals surface area contributed by atoms with Crippen LogP contribution in [-0.4, -0.2) is 38.7 Å². The Labute approximate surface area is 165 Å². The van der Waals surface area contributed by atoms with Crippen molar-refractivity contribution in [3.8, 4) is 11.3 Å². The van der Waals surface area contributed by atoms with Crippen LogP contribution in [0.25, 0.3) is 11.3 Å². The second-order valence-corrected chi connectivity index (χ2v) is 8.51. The third kappa shape index (κ3) is 4.98. The highest BCUT2D eigenvalue weighted by Crippen LogP contribution is 2.26. The molecule has 0 bridgehead atoms. The summed E-state index contributed by atoms with van der Waals surface area (Å²) in [7, 11) is 0.624. The lowest BCUT2D eigenvalue weighted by Crippen LogP contribution is -2.10. The molecule has 28 heavy (non-hydrogen) atoms. The average Bonchev–Trinajstić information content (AvgIpc) is 2.64. The molecule has 0 fully saturated rings. The van der Waals surface area contributed by atoms with Crippen molar-refractivity contribution in [2.45, 2.75) is 6.92 Å². The fraction of sp³-hybridized carbons (Fsp3) is 0.200. The lowest BCUT2D eigenvalue weighted by Gasteiger charge is -2.14. The molecule has 2 N–H and O–H groups in total. The maximum Gasteiger partial charge on any atom is 0.229 e. The predicted molar refractivity (Wildman–Crippen MR) is 115 cm³/mol. The van der Waals surface area contributed by atoms with E-state index in [2.05, 4.69) is 20.0 Å². The van der Waals surface area contributed by atoms with Crippen LogP contribution in [0.5, 0.6) is 0 Å². The van der Waals surface area contributed by atoms with Crippen LogP contribution < -0.4 is 14.9 Å². The molecule has 7 nitrogen and oxygen atoms in total. The van der Waals surface area contributed by atoms with Gasteiger partial charge in [-0.25, -0.2) is 13.4 Å². The van der Waals surface area contributed by atoms with Gasteiger partial charge in [-0.2, -0.15) is 0 Å². The molecule has 0 saturated carbocycles. The summed E-state index contributed by atoms with van der Waals surface area (Å²) < 4.78 is 25.6. The summed E-state index contributed by atoms with van der Waals surface area (Å²) in [6.45, 7) is 1.84. The molecule has 1 aromatic heterocycles. The number of nitrogens with one attached hydrogen (secondary N) is 2. The Morgan fingerprint density at radius 2 is 1.82 bits per heavy atom. The van der Waals surface area contributed by atoms with Gasteiger partial charge in [-0.1, -0.05) is 18.2 Å². The third-order valence-electron chi connectivity index (χ3n) is 4.10. The zero-order valence-electron chi connectivity index (χ0n) is 16.3. The van der Waals surface area contributed by atoms with E-state index in [1.54, 1.807) is 18.5 Å². The number of hydrogen-bond donors (Lipinski definition) is 2. The zero-order chi connectivity index (χ0) is 20.3. The molecule has 2 aromatic carbocycles. The van der Waals surface area contributed by atoms with E-state index < -0.39 is 10.0 Å². The number of hydrogen-bond acceptors (Lipinski definition) is 6. The van der Waals surface area contributed by atoms with Gasteiger partial charge in [0, 0.05) is 31.0 Å². The van der Waals surface area contributed by atoms with Crippen molar-refractivity contribution in [3.05, 3.63) is 60.4 Å². The molecule has 3 rings (SSSR count). The summed E-state index contributed by atoms with van der Waals surface area (Å²) in [6.07, 6.45) is 4.47. The monoisotopic (exact) mass is 397 g/mol. The van der Waals surface area contributed by atoms with Gasteiger partial charge in [-0.3, -0.25) is 9.71 Å². The fourth-order valence-corrected chi connectivity index (χ4v) is 3.29. The number of aromatic nitrogens is 2. The first-order valence-electron chi connectivity index (χ1n) is 8.66. The molecular formula is C20H23N5O2S. The van der Waals surface area contributed by atoms with Crippen molar-refractivity contribution in [2.24, 2.45) is 0 Å². The standard InChI is InChI=1S/C20H23N5O2S/c1-14-8-9-16(11-18(14)24-28(4,26)27)22-20-13-21-12-19(23-20)15-6-5-7-17(10-15)25(2)3/h5-13,24H,1-4H3,(H,22,23). The first kappa shape index (κ1) is 19.6. The minimum Gasteiger partial charge on any atom is -0.378 e. The van der Waals surface area contributed by atoms with Gasteiger partial charge in [0.05, 0.1) is 30.0 Å². The first-order chi connectivity index (χ1) is 13.2. The fourth-order valence-electron chi connectivity index (χ4n) is 2.67. The largest absolute Gasteiger partial charge is 0.378 e. The van der Waals surface area contributed by atoms with Gasteiger partial charge in [0.15, 0.2) is 0 Å². The van der Waals surface area contributed by atoms with Gasteiger partial charge < -0.3 is 10.2 Å². The number of aryl methyl sites for hydroxylation is 1. The van der Waals surface area contributed by atoms with Crippen LogP contribution >= 0.6 is 0 Å². The maximum atomic E-state index is 11.5. The average molecular weight is 398 g/mol. The Balaban J connectivity index is 1.88. The lowest BCUT2D eigenvalue weighted by molar-refractivity contribution is 0.607. The van der Waals surface area contributed by atoms with E-state index in [0.717, 1.165) is 28.8 Å². The van der Waals surface area contributed by atoms with E-state index in [9.17, 15) is 8.42 Å². The molecule has 146 valence electrons. The molecule has 0 aliphatic rings.